The van der Waals surface area contributed by atoms with E-state index in [4.69, 9.17) is 14.3 Å². The summed E-state index contributed by atoms with van der Waals surface area (Å²) in [6.45, 7) is 5.06. The summed E-state index contributed by atoms with van der Waals surface area (Å²) in [5.41, 5.74) is 4.02. The Kier molecular flexibility index (Phi) is 4.76. The van der Waals surface area contributed by atoms with Crippen LogP contribution in [0, 0.1) is 0 Å². The molecule has 1 aliphatic rings. The van der Waals surface area contributed by atoms with E-state index in [-0.39, 0.29) is 5.91 Å². The van der Waals surface area contributed by atoms with Crippen LogP contribution in [0.5, 0.6) is 0 Å². The van der Waals surface area contributed by atoms with Crippen LogP contribution in [-0.2, 0) is 30.8 Å². The Balaban J connectivity index is 1.64. The summed E-state index contributed by atoms with van der Waals surface area (Å²) in [5, 5.41) is 9.05. The summed E-state index contributed by atoms with van der Waals surface area (Å²) in [4.78, 5) is 18.9. The maximum Gasteiger partial charge on any atom is 0.274 e. The van der Waals surface area contributed by atoms with Gasteiger partial charge in [-0.05, 0) is 13.0 Å². The van der Waals surface area contributed by atoms with E-state index in [1.807, 2.05) is 22.7 Å². The van der Waals surface area contributed by atoms with Crippen molar-refractivity contribution in [2.24, 2.45) is 0 Å². The van der Waals surface area contributed by atoms with E-state index in [9.17, 15) is 4.79 Å². The molecule has 4 rings (SSSR count). The molecule has 4 heterocycles. The Morgan fingerprint density at radius 1 is 1.37 bits per heavy atom. The van der Waals surface area contributed by atoms with Crippen molar-refractivity contribution in [1.29, 1.82) is 0 Å². The molecule has 0 atom stereocenters. The van der Waals surface area contributed by atoms with E-state index in [1.54, 1.807) is 24.1 Å². The predicted molar refractivity (Wildman–Crippen MR) is 95.9 cm³/mol. The summed E-state index contributed by atoms with van der Waals surface area (Å²) in [6, 6.07) is 1.77. The summed E-state index contributed by atoms with van der Waals surface area (Å²) in [6.07, 6.45) is 5.52. The second-order valence-electron chi connectivity index (χ2n) is 6.40. The average Bonchev–Trinajstić information content (AvgIpc) is 3.44. The Bertz CT molecular complexity index is 927. The molecule has 9 heteroatoms. The lowest BCUT2D eigenvalue weighted by Gasteiger charge is -2.27. The van der Waals surface area contributed by atoms with Crippen LogP contribution in [0.4, 0.5) is 0 Å². The molecule has 1 aliphatic heterocycles. The molecule has 0 bridgehead atoms. The first-order valence-electron chi connectivity index (χ1n) is 9.00. The second kappa shape index (κ2) is 7.36. The van der Waals surface area contributed by atoms with Crippen molar-refractivity contribution >= 4 is 5.91 Å². The smallest absolute Gasteiger partial charge is 0.274 e. The number of carbonyl (C=O) groups is 1. The summed E-state index contributed by atoms with van der Waals surface area (Å²) in [5.74, 6) is -0.0661. The standard InChI is InChI=1S/C18H22N6O3/c1-3-23-7-4-14(20-23)18(25)22-6-5-16-13(10-22)17(15-11-27-12-19-15)21-24(16)8-9-26-2/h4,7,11-12H,3,5-6,8-10H2,1-2H3. The highest BCUT2D eigenvalue weighted by Gasteiger charge is 2.30. The van der Waals surface area contributed by atoms with Gasteiger partial charge in [0, 0.05) is 44.1 Å². The third-order valence-corrected chi connectivity index (χ3v) is 4.79. The van der Waals surface area contributed by atoms with Crippen molar-refractivity contribution in [3.63, 3.8) is 0 Å². The van der Waals surface area contributed by atoms with Crippen molar-refractivity contribution in [2.75, 3.05) is 20.3 Å². The number of aromatic nitrogens is 5. The first-order chi connectivity index (χ1) is 13.2. The molecule has 9 nitrogen and oxygen atoms in total. The summed E-state index contributed by atoms with van der Waals surface area (Å²) in [7, 11) is 1.67. The third kappa shape index (κ3) is 3.25. The van der Waals surface area contributed by atoms with Gasteiger partial charge in [0.25, 0.3) is 5.91 Å². The highest BCUT2D eigenvalue weighted by molar-refractivity contribution is 5.92. The Morgan fingerprint density at radius 2 is 2.26 bits per heavy atom. The number of ether oxygens (including phenoxy) is 1. The van der Waals surface area contributed by atoms with E-state index in [0.717, 1.165) is 29.9 Å². The fourth-order valence-electron chi connectivity index (χ4n) is 3.38. The number of hydrogen-bond acceptors (Lipinski definition) is 6. The van der Waals surface area contributed by atoms with Gasteiger partial charge in [-0.25, -0.2) is 4.98 Å². The fraction of sp³-hybridized carbons (Fsp3) is 0.444. The number of aryl methyl sites for hydroxylation is 1. The zero-order valence-electron chi connectivity index (χ0n) is 15.5. The van der Waals surface area contributed by atoms with Gasteiger partial charge >= 0.3 is 0 Å². The van der Waals surface area contributed by atoms with Crippen LogP contribution in [0.3, 0.4) is 0 Å². The van der Waals surface area contributed by atoms with Crippen LogP contribution < -0.4 is 0 Å². The van der Waals surface area contributed by atoms with Gasteiger partial charge in [0.05, 0.1) is 19.7 Å². The van der Waals surface area contributed by atoms with Crippen molar-refractivity contribution in [3.8, 4) is 11.4 Å². The monoisotopic (exact) mass is 370 g/mol. The number of carbonyl (C=O) groups excluding carboxylic acids is 1. The van der Waals surface area contributed by atoms with Gasteiger partial charge < -0.3 is 14.1 Å². The minimum absolute atomic E-state index is 0.0661. The zero-order chi connectivity index (χ0) is 18.8. The Hall–Kier alpha value is -2.94. The number of rotatable bonds is 6. The van der Waals surface area contributed by atoms with Crippen LogP contribution in [0.25, 0.3) is 11.4 Å². The molecule has 27 heavy (non-hydrogen) atoms. The van der Waals surface area contributed by atoms with Crippen LogP contribution >= 0.6 is 0 Å². The molecule has 142 valence electrons. The topological polar surface area (TPSA) is 91.2 Å². The van der Waals surface area contributed by atoms with Crippen LogP contribution in [-0.4, -0.2) is 55.6 Å². The number of fused-ring (bicyclic) bond motifs is 1. The van der Waals surface area contributed by atoms with Gasteiger partial charge in [-0.3, -0.25) is 14.2 Å². The normalized spacial score (nSPS) is 13.8. The van der Waals surface area contributed by atoms with Crippen LogP contribution in [0.1, 0.15) is 28.7 Å². The van der Waals surface area contributed by atoms with Crippen molar-refractivity contribution < 1.29 is 13.9 Å². The summed E-state index contributed by atoms with van der Waals surface area (Å²) < 4.78 is 14.0. The molecule has 3 aromatic heterocycles. The molecule has 0 spiro atoms. The Morgan fingerprint density at radius 3 is 2.96 bits per heavy atom. The molecule has 0 saturated carbocycles. The molecule has 0 unspecified atom stereocenters. The summed E-state index contributed by atoms with van der Waals surface area (Å²) >= 11 is 0. The zero-order valence-corrected chi connectivity index (χ0v) is 15.5. The molecule has 0 saturated heterocycles. The minimum Gasteiger partial charge on any atom is -0.451 e. The maximum absolute atomic E-state index is 12.9. The highest BCUT2D eigenvalue weighted by Crippen LogP contribution is 2.29. The van der Waals surface area contributed by atoms with Crippen molar-refractivity contribution in [3.05, 3.63) is 41.9 Å². The largest absolute Gasteiger partial charge is 0.451 e. The van der Waals surface area contributed by atoms with E-state index in [2.05, 4.69) is 10.1 Å². The third-order valence-electron chi connectivity index (χ3n) is 4.79. The molecule has 3 aromatic rings. The number of oxazole rings is 1. The first kappa shape index (κ1) is 17.5. The van der Waals surface area contributed by atoms with Crippen LogP contribution in [0.15, 0.2) is 29.3 Å². The number of hydrogen-bond donors (Lipinski definition) is 0. The fourth-order valence-corrected chi connectivity index (χ4v) is 3.38. The van der Waals surface area contributed by atoms with E-state index in [0.29, 0.717) is 37.6 Å². The Labute approximate surface area is 156 Å². The molecule has 1 amide bonds. The minimum atomic E-state index is -0.0661. The van der Waals surface area contributed by atoms with Gasteiger partial charge in [-0.15, -0.1) is 0 Å². The molecular formula is C18H22N6O3. The molecular weight excluding hydrogens is 348 g/mol. The second-order valence-corrected chi connectivity index (χ2v) is 6.40. The lowest BCUT2D eigenvalue weighted by molar-refractivity contribution is 0.0726. The number of amides is 1. The first-order valence-corrected chi connectivity index (χ1v) is 9.00. The van der Waals surface area contributed by atoms with Crippen molar-refractivity contribution in [2.45, 2.75) is 33.0 Å². The van der Waals surface area contributed by atoms with Crippen molar-refractivity contribution in [1.82, 2.24) is 29.4 Å². The lowest BCUT2D eigenvalue weighted by Crippen LogP contribution is -2.36. The lowest BCUT2D eigenvalue weighted by atomic mass is 10.0. The highest BCUT2D eigenvalue weighted by atomic mass is 16.5. The quantitative estimate of drug-likeness (QED) is 0.655. The molecule has 0 radical (unpaired) electrons. The van der Waals surface area contributed by atoms with Gasteiger partial charge in [-0.2, -0.15) is 10.2 Å². The maximum atomic E-state index is 12.9. The number of methoxy groups -OCH3 is 1. The molecule has 0 aliphatic carbocycles. The molecule has 0 fully saturated rings. The van der Waals surface area contributed by atoms with Gasteiger partial charge in [0.1, 0.15) is 23.3 Å². The predicted octanol–water partition coefficient (Wildman–Crippen LogP) is 1.60. The van der Waals surface area contributed by atoms with Gasteiger partial charge in [0.2, 0.25) is 0 Å². The number of nitrogens with zero attached hydrogens (tertiary/aromatic N) is 6. The van der Waals surface area contributed by atoms with Gasteiger partial charge in [0.15, 0.2) is 6.39 Å². The van der Waals surface area contributed by atoms with E-state index >= 15 is 0 Å². The molecule has 0 aromatic carbocycles. The van der Waals surface area contributed by atoms with Crippen LogP contribution in [0.2, 0.25) is 0 Å². The van der Waals surface area contributed by atoms with E-state index in [1.165, 1.54) is 6.39 Å². The average molecular weight is 370 g/mol. The van der Waals surface area contributed by atoms with Gasteiger partial charge in [-0.1, -0.05) is 0 Å². The SMILES string of the molecule is CCn1ccc(C(=O)N2CCc3c(c(-c4cocn4)nn3CCOC)C2)n1. The molecule has 0 N–H and O–H groups in total. The van der Waals surface area contributed by atoms with E-state index < -0.39 is 0 Å².